The van der Waals surface area contributed by atoms with E-state index in [4.69, 9.17) is 0 Å². The average molecular weight is 416 g/mol. The number of fused-ring (bicyclic) bond motifs is 4. The molecule has 3 aromatic heterocycles. The van der Waals surface area contributed by atoms with E-state index in [-0.39, 0.29) is 52.3 Å². The molecule has 0 saturated heterocycles. The maximum Gasteiger partial charge on any atom is 0.307 e. The fourth-order valence-electron chi connectivity index (χ4n) is 5.35. The fourth-order valence-corrected chi connectivity index (χ4v) is 5.35. The Morgan fingerprint density at radius 3 is 2.57 bits per heavy atom. The zero-order valence-electron chi connectivity index (χ0n) is 15.9. The van der Waals surface area contributed by atoms with Crippen molar-refractivity contribution in [2.24, 2.45) is 23.7 Å². The van der Waals surface area contributed by atoms with Crippen LogP contribution in [0.4, 0.5) is 13.2 Å². The standard InChI is InChI=1S/C21H19F3N4O2/c22-11-5-13-18(27-28-20(13)25-8-11)19-15(24)7-14(23)16(26-19)6-12-9-1-3-10(4-2-9)17(12)21(29)30/h5,7-10,12,17H,1-4,6H2,(H,29,30)(H,25,27,28)/t9?,10?,12-,17-/m0/s1. The number of aliphatic carboxylic acids is 1. The lowest BCUT2D eigenvalue weighted by Crippen LogP contribution is -2.45. The van der Waals surface area contributed by atoms with Crippen molar-refractivity contribution in [1.29, 1.82) is 0 Å². The van der Waals surface area contributed by atoms with Crippen molar-refractivity contribution in [3.05, 3.63) is 41.5 Å². The number of carboxylic acids is 1. The van der Waals surface area contributed by atoms with Crippen molar-refractivity contribution in [2.45, 2.75) is 32.1 Å². The molecule has 9 heteroatoms. The molecule has 3 aromatic rings. The van der Waals surface area contributed by atoms with Gasteiger partial charge in [0.25, 0.3) is 0 Å². The van der Waals surface area contributed by atoms with E-state index < -0.39 is 29.3 Å². The van der Waals surface area contributed by atoms with Gasteiger partial charge in [-0.05, 0) is 55.9 Å². The lowest BCUT2D eigenvalue weighted by Gasteiger charge is -2.46. The van der Waals surface area contributed by atoms with Crippen LogP contribution in [-0.2, 0) is 11.2 Å². The van der Waals surface area contributed by atoms with Crippen molar-refractivity contribution < 1.29 is 23.1 Å². The van der Waals surface area contributed by atoms with E-state index >= 15 is 0 Å². The highest BCUT2D eigenvalue weighted by Gasteiger charge is 2.47. The molecular weight excluding hydrogens is 397 g/mol. The van der Waals surface area contributed by atoms with Crippen LogP contribution < -0.4 is 0 Å². The van der Waals surface area contributed by atoms with Gasteiger partial charge in [0, 0.05) is 6.07 Å². The largest absolute Gasteiger partial charge is 0.481 e. The first-order chi connectivity index (χ1) is 14.4. The summed E-state index contributed by atoms with van der Waals surface area (Å²) in [6.45, 7) is 0. The molecule has 2 bridgehead atoms. The Bertz CT molecular complexity index is 1140. The molecule has 0 aliphatic heterocycles. The van der Waals surface area contributed by atoms with Crippen LogP contribution in [0.3, 0.4) is 0 Å². The minimum atomic E-state index is -0.911. The molecule has 0 radical (unpaired) electrons. The number of carbonyl (C=O) groups is 1. The molecule has 6 nitrogen and oxygen atoms in total. The summed E-state index contributed by atoms with van der Waals surface area (Å²) < 4.78 is 42.9. The Labute approximate surface area is 169 Å². The first-order valence-corrected chi connectivity index (χ1v) is 10.00. The van der Waals surface area contributed by atoms with Gasteiger partial charge in [0.2, 0.25) is 0 Å². The van der Waals surface area contributed by atoms with E-state index in [9.17, 15) is 23.1 Å². The summed E-state index contributed by atoms with van der Waals surface area (Å²) in [5.41, 5.74) is 0.126. The van der Waals surface area contributed by atoms with E-state index in [1.165, 1.54) is 0 Å². The van der Waals surface area contributed by atoms with Crippen molar-refractivity contribution >= 4 is 17.0 Å². The number of hydrogen-bond donors (Lipinski definition) is 2. The second-order valence-corrected chi connectivity index (χ2v) is 8.28. The zero-order chi connectivity index (χ0) is 21.0. The second kappa shape index (κ2) is 7.07. The number of nitrogens with one attached hydrogen (secondary N) is 1. The third-order valence-electron chi connectivity index (χ3n) is 6.72. The van der Waals surface area contributed by atoms with Crippen molar-refractivity contribution in [3.8, 4) is 11.4 Å². The molecule has 3 heterocycles. The smallest absolute Gasteiger partial charge is 0.307 e. The van der Waals surface area contributed by atoms with E-state index in [0.717, 1.165) is 44.0 Å². The van der Waals surface area contributed by atoms with Gasteiger partial charge in [0.1, 0.15) is 17.3 Å². The maximum absolute atomic E-state index is 14.6. The minimum absolute atomic E-state index is 0.0160. The Hall–Kier alpha value is -2.97. The first kappa shape index (κ1) is 19.0. The normalized spacial score (nSPS) is 25.7. The van der Waals surface area contributed by atoms with Gasteiger partial charge >= 0.3 is 5.97 Å². The zero-order valence-corrected chi connectivity index (χ0v) is 15.9. The summed E-state index contributed by atoms with van der Waals surface area (Å²) in [7, 11) is 0. The predicted octanol–water partition coefficient (Wildman–Crippen LogP) is 4.12. The molecule has 0 unspecified atom stereocenters. The van der Waals surface area contributed by atoms with Crippen molar-refractivity contribution in [2.75, 3.05) is 0 Å². The van der Waals surface area contributed by atoms with Gasteiger partial charge in [-0.3, -0.25) is 9.89 Å². The maximum atomic E-state index is 14.6. The first-order valence-electron chi connectivity index (χ1n) is 10.00. The molecule has 0 aromatic carbocycles. The Morgan fingerprint density at radius 1 is 1.10 bits per heavy atom. The van der Waals surface area contributed by atoms with Gasteiger partial charge in [-0.15, -0.1) is 0 Å². The number of carboxylic acid groups (broad SMARTS) is 1. The third-order valence-corrected chi connectivity index (χ3v) is 6.72. The van der Waals surface area contributed by atoms with Gasteiger partial charge in [-0.2, -0.15) is 5.10 Å². The summed E-state index contributed by atoms with van der Waals surface area (Å²) in [5.74, 6) is -3.70. The third kappa shape index (κ3) is 3.03. The molecular formula is C21H19F3N4O2. The lowest BCUT2D eigenvalue weighted by molar-refractivity contribution is -0.152. The highest BCUT2D eigenvalue weighted by atomic mass is 19.1. The molecule has 3 aliphatic rings. The molecule has 2 N–H and O–H groups in total. The van der Waals surface area contributed by atoms with Crippen molar-refractivity contribution in [3.63, 3.8) is 0 Å². The molecule has 3 saturated carbocycles. The number of aromatic amines is 1. The molecule has 0 amide bonds. The molecule has 0 spiro atoms. The molecule has 30 heavy (non-hydrogen) atoms. The van der Waals surface area contributed by atoms with Crippen LogP contribution in [0.25, 0.3) is 22.4 Å². The number of halogens is 3. The fraction of sp³-hybridized carbons (Fsp3) is 0.429. The quantitative estimate of drug-likeness (QED) is 0.668. The summed E-state index contributed by atoms with van der Waals surface area (Å²) in [4.78, 5) is 19.9. The van der Waals surface area contributed by atoms with Gasteiger partial charge < -0.3 is 5.11 Å². The van der Waals surface area contributed by atoms with E-state index in [2.05, 4.69) is 20.2 Å². The number of aromatic nitrogens is 4. The van der Waals surface area contributed by atoms with E-state index in [0.29, 0.717) is 0 Å². The van der Waals surface area contributed by atoms with E-state index in [1.807, 2.05) is 0 Å². The van der Waals surface area contributed by atoms with Crippen LogP contribution >= 0.6 is 0 Å². The molecule has 6 rings (SSSR count). The molecule has 156 valence electrons. The van der Waals surface area contributed by atoms with Crippen LogP contribution in [-0.4, -0.2) is 31.2 Å². The SMILES string of the molecule is O=C(O)[C@H]1C2CCC(CC2)[C@@H]1Cc1nc(-c2[nH]nc3ncc(F)cc23)c(F)cc1F. The number of rotatable bonds is 4. The molecule has 2 atom stereocenters. The number of H-pyrrole nitrogens is 1. The number of nitrogens with zero attached hydrogens (tertiary/aromatic N) is 3. The van der Waals surface area contributed by atoms with E-state index in [1.54, 1.807) is 0 Å². The van der Waals surface area contributed by atoms with Crippen molar-refractivity contribution in [1.82, 2.24) is 20.2 Å². The average Bonchev–Trinajstić information content (AvgIpc) is 3.13. The minimum Gasteiger partial charge on any atom is -0.481 e. The second-order valence-electron chi connectivity index (χ2n) is 8.28. The summed E-state index contributed by atoms with van der Waals surface area (Å²) in [5, 5.41) is 16.5. The summed E-state index contributed by atoms with van der Waals surface area (Å²) in [6, 6.07) is 1.90. The summed E-state index contributed by atoms with van der Waals surface area (Å²) >= 11 is 0. The number of pyridine rings is 2. The lowest BCUT2D eigenvalue weighted by atomic mass is 9.57. The topological polar surface area (TPSA) is 91.8 Å². The van der Waals surface area contributed by atoms with Gasteiger partial charge in [0.05, 0.1) is 28.9 Å². The van der Waals surface area contributed by atoms with Crippen LogP contribution in [0.2, 0.25) is 0 Å². The van der Waals surface area contributed by atoms with Gasteiger partial charge in [-0.1, -0.05) is 0 Å². The monoisotopic (exact) mass is 416 g/mol. The number of hydrogen-bond acceptors (Lipinski definition) is 4. The highest BCUT2D eigenvalue weighted by Crippen LogP contribution is 2.50. The summed E-state index contributed by atoms with van der Waals surface area (Å²) in [6.07, 6.45) is 4.71. The van der Waals surface area contributed by atoms with Gasteiger partial charge in [0.15, 0.2) is 11.5 Å². The van der Waals surface area contributed by atoms with Crippen LogP contribution in [0, 0.1) is 41.1 Å². The highest BCUT2D eigenvalue weighted by molar-refractivity contribution is 5.89. The Morgan fingerprint density at radius 2 is 1.83 bits per heavy atom. The van der Waals surface area contributed by atoms with Crippen LogP contribution in [0.1, 0.15) is 31.4 Å². The van der Waals surface area contributed by atoms with Crippen LogP contribution in [0.15, 0.2) is 18.3 Å². The van der Waals surface area contributed by atoms with Crippen LogP contribution in [0.5, 0.6) is 0 Å². The Kier molecular flexibility index (Phi) is 4.48. The Balaban J connectivity index is 1.55. The molecule has 3 fully saturated rings. The predicted molar refractivity (Wildman–Crippen MR) is 101 cm³/mol. The van der Waals surface area contributed by atoms with Gasteiger partial charge in [-0.25, -0.2) is 23.1 Å². The molecule has 3 aliphatic carbocycles.